The largest absolute Gasteiger partial charge is 0.387 e. The Kier molecular flexibility index (Phi) is 6.09. The van der Waals surface area contributed by atoms with Gasteiger partial charge in [0.15, 0.2) is 0 Å². The van der Waals surface area contributed by atoms with Gasteiger partial charge < -0.3 is 4.57 Å². The lowest BCUT2D eigenvalue weighted by Crippen LogP contribution is -2.49. The quantitative estimate of drug-likeness (QED) is 0.288. The van der Waals surface area contributed by atoms with Crippen LogP contribution >= 0.6 is 0 Å². The van der Waals surface area contributed by atoms with Gasteiger partial charge in [0, 0.05) is 18.4 Å². The Morgan fingerprint density at radius 1 is 1.08 bits per heavy atom. The van der Waals surface area contributed by atoms with E-state index >= 15 is 0 Å². The second-order valence-corrected chi connectivity index (χ2v) is 11.8. The summed E-state index contributed by atoms with van der Waals surface area (Å²) in [5.74, 6) is 0. The molecule has 0 aliphatic heterocycles. The van der Waals surface area contributed by atoms with Crippen LogP contribution in [0.1, 0.15) is 13.3 Å². The van der Waals surface area contributed by atoms with E-state index in [4.69, 9.17) is 4.99 Å². The molecule has 1 aromatic heterocycles. The number of hydrogen-bond donors (Lipinski definition) is 0. The first kappa shape index (κ1) is 18.1. The first-order valence-corrected chi connectivity index (χ1v) is 11.8. The topological polar surface area (TPSA) is 28.5 Å². The van der Waals surface area contributed by atoms with E-state index in [1.54, 1.807) is 0 Å². The molecule has 0 radical (unpaired) electrons. The van der Waals surface area contributed by atoms with Crippen LogP contribution in [-0.2, 0) is 0 Å². The molecular formula is C20H27N3Si. The van der Waals surface area contributed by atoms with E-state index in [1.165, 1.54) is 11.1 Å². The minimum Gasteiger partial charge on any atom is -0.387 e. The zero-order chi connectivity index (χ0) is 17.6. The van der Waals surface area contributed by atoms with Crippen LogP contribution in [0.3, 0.4) is 0 Å². The number of rotatable bonds is 7. The number of pyridine rings is 1. The van der Waals surface area contributed by atoms with Gasteiger partial charge in [-0.3, -0.25) is 4.98 Å². The second kappa shape index (κ2) is 8.06. The van der Waals surface area contributed by atoms with Crippen molar-refractivity contribution in [1.82, 2.24) is 9.55 Å². The molecule has 1 atom stereocenters. The van der Waals surface area contributed by atoms with Gasteiger partial charge >= 0.3 is 0 Å². The maximum absolute atomic E-state index is 4.70. The Morgan fingerprint density at radius 3 is 2.21 bits per heavy atom. The molecule has 1 unspecified atom stereocenters. The number of aliphatic imine (C=N–C) groups is 1. The SMILES string of the molecule is C=CCC(C)N(/C=N/c1ccc(-c2ccncc2)cc1)[Si](C)(C)C. The maximum atomic E-state index is 4.70. The zero-order valence-electron chi connectivity index (χ0n) is 15.1. The molecule has 2 aromatic rings. The highest BCUT2D eigenvalue weighted by atomic mass is 28.3. The smallest absolute Gasteiger partial charge is 0.149 e. The minimum atomic E-state index is -1.48. The van der Waals surface area contributed by atoms with Crippen LogP contribution in [-0.4, -0.2) is 30.2 Å². The van der Waals surface area contributed by atoms with E-state index in [-0.39, 0.29) is 0 Å². The molecule has 0 saturated carbocycles. The molecule has 0 aliphatic carbocycles. The Morgan fingerprint density at radius 2 is 1.67 bits per heavy atom. The van der Waals surface area contributed by atoms with Gasteiger partial charge in [0.1, 0.15) is 8.24 Å². The summed E-state index contributed by atoms with van der Waals surface area (Å²) in [5, 5.41) is 0. The third-order valence-electron chi connectivity index (χ3n) is 3.97. The lowest BCUT2D eigenvalue weighted by molar-refractivity contribution is 0.483. The molecule has 0 aliphatic rings. The number of aromatic nitrogens is 1. The van der Waals surface area contributed by atoms with Crippen LogP contribution in [0.15, 0.2) is 66.4 Å². The van der Waals surface area contributed by atoms with Gasteiger partial charge in [-0.25, -0.2) is 4.99 Å². The summed E-state index contributed by atoms with van der Waals surface area (Å²) < 4.78 is 2.42. The fraction of sp³-hybridized carbons (Fsp3) is 0.300. The number of nitrogens with zero attached hydrogens (tertiary/aromatic N) is 3. The molecule has 0 bridgehead atoms. The third-order valence-corrected chi connectivity index (χ3v) is 6.07. The van der Waals surface area contributed by atoms with Crippen LogP contribution in [0.2, 0.25) is 19.6 Å². The molecular weight excluding hydrogens is 310 g/mol. The molecule has 0 saturated heterocycles. The fourth-order valence-corrected chi connectivity index (χ4v) is 4.55. The van der Waals surface area contributed by atoms with Crippen LogP contribution < -0.4 is 0 Å². The van der Waals surface area contributed by atoms with Gasteiger partial charge in [-0.15, -0.1) is 6.58 Å². The van der Waals surface area contributed by atoms with Gasteiger partial charge in [0.2, 0.25) is 0 Å². The predicted molar refractivity (Wildman–Crippen MR) is 107 cm³/mol. The van der Waals surface area contributed by atoms with Gasteiger partial charge in [0.05, 0.1) is 12.0 Å². The lowest BCUT2D eigenvalue weighted by atomic mass is 10.1. The Labute approximate surface area is 146 Å². The normalized spacial score (nSPS) is 13.0. The van der Waals surface area contributed by atoms with E-state index in [0.717, 1.165) is 12.1 Å². The van der Waals surface area contributed by atoms with E-state index in [2.05, 4.69) is 67.0 Å². The highest BCUT2D eigenvalue weighted by Crippen LogP contribution is 2.22. The lowest BCUT2D eigenvalue weighted by Gasteiger charge is -2.37. The average Bonchev–Trinajstić information content (AvgIpc) is 2.55. The van der Waals surface area contributed by atoms with Gasteiger partial charge in [-0.1, -0.05) is 37.8 Å². The van der Waals surface area contributed by atoms with Crippen molar-refractivity contribution in [2.45, 2.75) is 39.0 Å². The zero-order valence-corrected chi connectivity index (χ0v) is 16.1. The third kappa shape index (κ3) is 4.90. The van der Waals surface area contributed by atoms with Gasteiger partial charge in [-0.2, -0.15) is 0 Å². The summed E-state index contributed by atoms with van der Waals surface area (Å²) in [6, 6.07) is 12.8. The van der Waals surface area contributed by atoms with Crippen LogP contribution in [0, 0.1) is 0 Å². The monoisotopic (exact) mass is 337 g/mol. The fourth-order valence-electron chi connectivity index (χ4n) is 2.72. The van der Waals surface area contributed by atoms with E-state index < -0.39 is 8.24 Å². The van der Waals surface area contributed by atoms with Crippen molar-refractivity contribution in [2.75, 3.05) is 0 Å². The van der Waals surface area contributed by atoms with Crippen molar-refractivity contribution < 1.29 is 0 Å². The molecule has 0 fully saturated rings. The first-order chi connectivity index (χ1) is 11.4. The number of hydrogen-bond acceptors (Lipinski definition) is 2. The second-order valence-electron chi connectivity index (χ2n) is 6.98. The van der Waals surface area contributed by atoms with E-state index in [1.807, 2.05) is 36.9 Å². The van der Waals surface area contributed by atoms with Crippen molar-refractivity contribution in [3.8, 4) is 11.1 Å². The molecule has 0 N–H and O–H groups in total. The van der Waals surface area contributed by atoms with E-state index in [9.17, 15) is 0 Å². The summed E-state index contributed by atoms with van der Waals surface area (Å²) in [6.45, 7) is 13.1. The molecule has 1 heterocycles. The molecule has 1 aromatic carbocycles. The Balaban J connectivity index is 2.16. The molecule has 0 spiro atoms. The summed E-state index contributed by atoms with van der Waals surface area (Å²) in [4.78, 5) is 8.76. The standard InChI is InChI=1S/C20H27N3Si/c1-6-7-17(2)23(24(3,4)5)16-22-20-10-8-18(9-11-20)19-12-14-21-15-13-19/h6,8-17H,1,7H2,2-5H3/b22-16+. The van der Waals surface area contributed by atoms with Crippen molar-refractivity contribution >= 4 is 20.3 Å². The van der Waals surface area contributed by atoms with Crippen LogP contribution in [0.4, 0.5) is 5.69 Å². The molecule has 24 heavy (non-hydrogen) atoms. The first-order valence-electron chi connectivity index (χ1n) is 8.36. The molecule has 2 rings (SSSR count). The molecule has 0 amide bonds. The molecule has 4 heteroatoms. The Bertz CT molecular complexity index is 672. The van der Waals surface area contributed by atoms with Crippen molar-refractivity contribution in [3.63, 3.8) is 0 Å². The highest BCUT2D eigenvalue weighted by Gasteiger charge is 2.25. The predicted octanol–water partition coefficient (Wildman–Crippen LogP) is 5.51. The van der Waals surface area contributed by atoms with E-state index in [0.29, 0.717) is 6.04 Å². The van der Waals surface area contributed by atoms with Crippen LogP contribution in [0.25, 0.3) is 11.1 Å². The number of benzene rings is 1. The average molecular weight is 338 g/mol. The summed E-state index contributed by atoms with van der Waals surface area (Å²) >= 11 is 0. The van der Waals surface area contributed by atoms with Gasteiger partial charge in [-0.05, 0) is 48.7 Å². The van der Waals surface area contributed by atoms with Crippen molar-refractivity contribution in [2.24, 2.45) is 4.99 Å². The molecule has 126 valence electrons. The van der Waals surface area contributed by atoms with Crippen LogP contribution in [0.5, 0.6) is 0 Å². The van der Waals surface area contributed by atoms with Crippen molar-refractivity contribution in [1.29, 1.82) is 0 Å². The molecule has 3 nitrogen and oxygen atoms in total. The highest BCUT2D eigenvalue weighted by molar-refractivity contribution is 6.75. The summed E-state index contributed by atoms with van der Waals surface area (Å²) in [5.41, 5.74) is 3.32. The summed E-state index contributed by atoms with van der Waals surface area (Å²) in [6.07, 6.45) is 8.59. The maximum Gasteiger partial charge on any atom is 0.149 e. The van der Waals surface area contributed by atoms with Gasteiger partial charge in [0.25, 0.3) is 0 Å². The Hall–Kier alpha value is -2.20. The van der Waals surface area contributed by atoms with Crippen molar-refractivity contribution in [3.05, 3.63) is 61.4 Å². The summed E-state index contributed by atoms with van der Waals surface area (Å²) in [7, 11) is -1.48. The minimum absolute atomic E-state index is 0.425.